The van der Waals surface area contributed by atoms with Crippen molar-refractivity contribution in [2.75, 3.05) is 18.4 Å². The predicted molar refractivity (Wildman–Crippen MR) is 124 cm³/mol. The van der Waals surface area contributed by atoms with Crippen LogP contribution in [0.2, 0.25) is 0 Å². The summed E-state index contributed by atoms with van der Waals surface area (Å²) in [4.78, 5) is 14.7. The summed E-state index contributed by atoms with van der Waals surface area (Å²) >= 11 is 0. The van der Waals surface area contributed by atoms with Crippen molar-refractivity contribution in [1.82, 2.24) is 10.2 Å². The molecular weight excluding hydrogens is 370 g/mol. The van der Waals surface area contributed by atoms with Gasteiger partial charge >= 0.3 is 6.03 Å². The number of carbonyl (C=O) groups is 1. The van der Waals surface area contributed by atoms with Gasteiger partial charge in [0.2, 0.25) is 0 Å². The molecule has 4 heteroatoms. The third-order valence-corrected chi connectivity index (χ3v) is 5.64. The minimum absolute atomic E-state index is 0.120. The highest BCUT2D eigenvalue weighted by molar-refractivity contribution is 5.89. The van der Waals surface area contributed by atoms with E-state index in [1.165, 1.54) is 22.3 Å². The Balaban J connectivity index is 1.28. The fraction of sp³-hybridized carbons (Fsp3) is 0.269. The number of aryl methyl sites for hydroxylation is 1. The van der Waals surface area contributed by atoms with Gasteiger partial charge in [-0.2, -0.15) is 0 Å². The molecule has 1 heterocycles. The van der Waals surface area contributed by atoms with E-state index in [-0.39, 0.29) is 12.1 Å². The number of anilines is 1. The topological polar surface area (TPSA) is 44.4 Å². The van der Waals surface area contributed by atoms with Gasteiger partial charge in [0.1, 0.15) is 0 Å². The quantitative estimate of drug-likeness (QED) is 0.599. The molecule has 0 aliphatic carbocycles. The number of likely N-dealkylation sites (tertiary alicyclic amines) is 1. The average Bonchev–Trinajstić information content (AvgIpc) is 2.76. The number of nitrogens with zero attached hydrogens (tertiary/aromatic N) is 1. The molecule has 1 saturated heterocycles. The van der Waals surface area contributed by atoms with Crippen molar-refractivity contribution in [2.45, 2.75) is 32.4 Å². The van der Waals surface area contributed by atoms with Crippen LogP contribution in [0.4, 0.5) is 10.5 Å². The summed E-state index contributed by atoms with van der Waals surface area (Å²) < 4.78 is 0. The summed E-state index contributed by atoms with van der Waals surface area (Å²) in [6, 6.07) is 27.2. The molecule has 1 fully saturated rings. The summed E-state index contributed by atoms with van der Waals surface area (Å²) in [6.07, 6.45) is 1.94. The van der Waals surface area contributed by atoms with Gasteiger partial charge in [-0.05, 0) is 54.7 Å². The van der Waals surface area contributed by atoms with Gasteiger partial charge in [-0.25, -0.2) is 4.79 Å². The average molecular weight is 400 g/mol. The van der Waals surface area contributed by atoms with Crippen LogP contribution in [0.5, 0.6) is 0 Å². The van der Waals surface area contributed by atoms with Crippen molar-refractivity contribution in [3.63, 3.8) is 0 Å². The van der Waals surface area contributed by atoms with Gasteiger partial charge < -0.3 is 10.6 Å². The monoisotopic (exact) mass is 399 g/mol. The zero-order chi connectivity index (χ0) is 20.8. The Labute approximate surface area is 178 Å². The molecule has 30 heavy (non-hydrogen) atoms. The summed E-state index contributed by atoms with van der Waals surface area (Å²) in [5.74, 6) is 0. The van der Waals surface area contributed by atoms with Crippen molar-refractivity contribution in [3.8, 4) is 11.1 Å². The largest absolute Gasteiger partial charge is 0.335 e. The molecular formula is C26H29N3O. The lowest BCUT2D eigenvalue weighted by Gasteiger charge is -2.32. The Hall–Kier alpha value is -3.11. The van der Waals surface area contributed by atoms with Crippen LogP contribution in [0.15, 0.2) is 78.9 Å². The lowest BCUT2D eigenvalue weighted by atomic mass is 10.0. The first-order valence-electron chi connectivity index (χ1n) is 10.7. The van der Waals surface area contributed by atoms with Gasteiger partial charge in [-0.3, -0.25) is 4.90 Å². The highest BCUT2D eigenvalue weighted by Gasteiger charge is 2.20. The van der Waals surface area contributed by atoms with E-state index in [9.17, 15) is 4.79 Å². The van der Waals surface area contributed by atoms with Crippen molar-refractivity contribution in [1.29, 1.82) is 0 Å². The zero-order valence-corrected chi connectivity index (χ0v) is 17.5. The Kier molecular flexibility index (Phi) is 6.45. The van der Waals surface area contributed by atoms with Crippen LogP contribution in [0, 0.1) is 6.92 Å². The van der Waals surface area contributed by atoms with E-state index in [0.29, 0.717) is 0 Å². The van der Waals surface area contributed by atoms with Crippen molar-refractivity contribution < 1.29 is 4.79 Å². The molecule has 1 aliphatic heterocycles. The van der Waals surface area contributed by atoms with Crippen LogP contribution < -0.4 is 10.6 Å². The molecule has 0 unspecified atom stereocenters. The Bertz CT molecular complexity index is 978. The predicted octanol–water partition coefficient (Wildman–Crippen LogP) is 5.45. The zero-order valence-electron chi connectivity index (χ0n) is 17.5. The van der Waals surface area contributed by atoms with Crippen LogP contribution in [-0.2, 0) is 6.54 Å². The van der Waals surface area contributed by atoms with Crippen LogP contribution >= 0.6 is 0 Å². The molecule has 2 amide bonds. The van der Waals surface area contributed by atoms with Crippen LogP contribution in [0.3, 0.4) is 0 Å². The Morgan fingerprint density at radius 3 is 2.33 bits per heavy atom. The number of hydrogen-bond acceptors (Lipinski definition) is 2. The Morgan fingerprint density at radius 2 is 1.60 bits per heavy atom. The number of piperidine rings is 1. The third kappa shape index (κ3) is 5.49. The molecule has 4 rings (SSSR count). The van der Waals surface area contributed by atoms with Gasteiger partial charge in [-0.1, -0.05) is 66.2 Å². The van der Waals surface area contributed by atoms with Gasteiger partial charge in [0.05, 0.1) is 0 Å². The number of hydrogen-bond donors (Lipinski definition) is 2. The third-order valence-electron chi connectivity index (χ3n) is 5.64. The number of benzene rings is 3. The van der Waals surface area contributed by atoms with Crippen LogP contribution in [-0.4, -0.2) is 30.1 Å². The van der Waals surface area contributed by atoms with Crippen LogP contribution in [0.1, 0.15) is 24.0 Å². The fourth-order valence-electron chi connectivity index (χ4n) is 4.04. The SMILES string of the molecule is Cc1cccc(-c2cccc(CN3CCC(NC(=O)Nc4ccccc4)CC3)c2)c1. The van der Waals surface area contributed by atoms with Crippen molar-refractivity contribution in [2.24, 2.45) is 0 Å². The van der Waals surface area contributed by atoms with E-state index < -0.39 is 0 Å². The van der Waals surface area contributed by atoms with E-state index in [1.807, 2.05) is 30.3 Å². The van der Waals surface area contributed by atoms with Gasteiger partial charge in [0.25, 0.3) is 0 Å². The Morgan fingerprint density at radius 1 is 0.900 bits per heavy atom. The standard InChI is InChI=1S/C26H29N3O/c1-20-7-5-9-22(17-20)23-10-6-8-21(18-23)19-29-15-13-25(14-16-29)28-26(30)27-24-11-3-2-4-12-24/h2-12,17-18,25H,13-16,19H2,1H3,(H2,27,28,30). The highest BCUT2D eigenvalue weighted by atomic mass is 16.2. The normalized spacial score (nSPS) is 15.0. The minimum Gasteiger partial charge on any atom is -0.335 e. The first-order chi connectivity index (χ1) is 14.7. The van der Waals surface area contributed by atoms with E-state index >= 15 is 0 Å². The molecule has 0 atom stereocenters. The summed E-state index contributed by atoms with van der Waals surface area (Å²) in [6.45, 7) is 5.06. The summed E-state index contributed by atoms with van der Waals surface area (Å²) in [7, 11) is 0. The van der Waals surface area contributed by atoms with E-state index in [4.69, 9.17) is 0 Å². The number of para-hydroxylation sites is 1. The first-order valence-corrected chi connectivity index (χ1v) is 10.7. The smallest absolute Gasteiger partial charge is 0.319 e. The summed E-state index contributed by atoms with van der Waals surface area (Å²) in [5, 5.41) is 6.01. The van der Waals surface area contributed by atoms with Crippen molar-refractivity contribution >= 4 is 11.7 Å². The molecule has 0 spiro atoms. The summed E-state index contributed by atoms with van der Waals surface area (Å²) in [5.41, 5.74) is 5.97. The molecule has 3 aromatic rings. The van der Waals surface area contributed by atoms with Gasteiger partial charge in [0.15, 0.2) is 0 Å². The maximum atomic E-state index is 12.2. The number of nitrogens with one attached hydrogen (secondary N) is 2. The maximum absolute atomic E-state index is 12.2. The van der Waals surface area contributed by atoms with Crippen molar-refractivity contribution in [3.05, 3.63) is 90.0 Å². The first kappa shape index (κ1) is 20.2. The number of rotatable bonds is 5. The fourth-order valence-corrected chi connectivity index (χ4v) is 4.04. The molecule has 0 saturated carbocycles. The molecule has 1 aliphatic rings. The second kappa shape index (κ2) is 9.59. The number of carbonyl (C=O) groups excluding carboxylic acids is 1. The molecule has 2 N–H and O–H groups in total. The second-order valence-electron chi connectivity index (χ2n) is 8.08. The van der Waals surface area contributed by atoms with E-state index in [0.717, 1.165) is 38.2 Å². The molecule has 0 radical (unpaired) electrons. The molecule has 4 nitrogen and oxygen atoms in total. The highest BCUT2D eigenvalue weighted by Crippen LogP contribution is 2.23. The number of amides is 2. The lowest BCUT2D eigenvalue weighted by molar-refractivity contribution is 0.190. The second-order valence-corrected chi connectivity index (χ2v) is 8.08. The van der Waals surface area contributed by atoms with Gasteiger partial charge in [0, 0.05) is 31.4 Å². The lowest BCUT2D eigenvalue weighted by Crippen LogP contribution is -2.45. The van der Waals surface area contributed by atoms with E-state index in [2.05, 4.69) is 71.0 Å². The molecule has 3 aromatic carbocycles. The van der Waals surface area contributed by atoms with E-state index in [1.54, 1.807) is 0 Å². The molecule has 0 bridgehead atoms. The molecule has 154 valence electrons. The maximum Gasteiger partial charge on any atom is 0.319 e. The van der Waals surface area contributed by atoms with Gasteiger partial charge in [-0.15, -0.1) is 0 Å². The van der Waals surface area contributed by atoms with Crippen LogP contribution in [0.25, 0.3) is 11.1 Å². The minimum atomic E-state index is -0.120. The number of urea groups is 1. The molecule has 0 aromatic heterocycles.